The van der Waals surface area contributed by atoms with Crippen molar-refractivity contribution in [2.24, 2.45) is 0 Å². The van der Waals surface area contributed by atoms with Crippen LogP contribution in [0.25, 0.3) is 11.3 Å². The van der Waals surface area contributed by atoms with E-state index in [4.69, 9.17) is 0 Å². The van der Waals surface area contributed by atoms with E-state index in [1.165, 1.54) is 4.68 Å². The molecule has 0 radical (unpaired) electrons. The lowest BCUT2D eigenvalue weighted by molar-refractivity contribution is 0.144. The van der Waals surface area contributed by atoms with Gasteiger partial charge in [0.25, 0.3) is 6.43 Å². The molecule has 1 saturated carbocycles. The lowest BCUT2D eigenvalue weighted by Gasteiger charge is -2.15. The molecule has 0 aliphatic heterocycles. The molecule has 25 heavy (non-hydrogen) atoms. The highest BCUT2D eigenvalue weighted by Crippen LogP contribution is 2.37. The molecular weight excluding hydrogens is 360 g/mol. The van der Waals surface area contributed by atoms with Gasteiger partial charge in [0.2, 0.25) is 0 Å². The highest BCUT2D eigenvalue weighted by Gasteiger charge is 2.27. The molecule has 1 aromatic carbocycles. The molecule has 2 aromatic rings. The molecule has 9 heteroatoms. The van der Waals surface area contributed by atoms with E-state index in [0.29, 0.717) is 18.9 Å². The summed E-state index contributed by atoms with van der Waals surface area (Å²) < 4.78 is 79.0. The number of hydrogen-bond donors (Lipinski definition) is 0. The van der Waals surface area contributed by atoms with Crippen molar-refractivity contribution >= 4 is 9.84 Å². The van der Waals surface area contributed by atoms with Crippen LogP contribution in [0.15, 0.2) is 23.1 Å². The molecule has 0 saturated heterocycles. The first-order chi connectivity index (χ1) is 11.7. The maximum atomic E-state index is 14.5. The number of rotatable bonds is 4. The molecule has 4 nitrogen and oxygen atoms in total. The van der Waals surface area contributed by atoms with E-state index in [1.54, 1.807) is 0 Å². The van der Waals surface area contributed by atoms with E-state index < -0.39 is 38.5 Å². The highest BCUT2D eigenvalue weighted by atomic mass is 32.2. The number of hydrogen-bond acceptors (Lipinski definition) is 3. The summed E-state index contributed by atoms with van der Waals surface area (Å²) in [5.74, 6) is -2.13. The minimum Gasteiger partial charge on any atom is -0.261 e. The number of halogens is 4. The van der Waals surface area contributed by atoms with Crippen molar-refractivity contribution in [1.82, 2.24) is 9.78 Å². The molecule has 0 spiro atoms. The van der Waals surface area contributed by atoms with Crippen molar-refractivity contribution in [2.75, 3.05) is 6.26 Å². The number of sulfone groups is 1. The fourth-order valence-corrected chi connectivity index (χ4v) is 3.89. The molecule has 1 aliphatic rings. The summed E-state index contributed by atoms with van der Waals surface area (Å²) in [5, 5.41) is 3.87. The zero-order valence-electron chi connectivity index (χ0n) is 13.3. The molecule has 1 heterocycles. The molecule has 3 rings (SSSR count). The standard InChI is InChI=1S/C16H16F4N2O2S/c1-25(23,24)15-7-11(17)10(6-12(15)18)14-8-13(16(19)20)21-22(14)9-4-2-3-5-9/h6-9,16H,2-5H2,1H3. The zero-order chi connectivity index (χ0) is 18.4. The largest absolute Gasteiger partial charge is 0.282 e. The molecular formula is C16H16F4N2O2S. The lowest BCUT2D eigenvalue weighted by atomic mass is 10.1. The van der Waals surface area contributed by atoms with Crippen molar-refractivity contribution in [3.8, 4) is 11.3 Å². The topological polar surface area (TPSA) is 52.0 Å². The van der Waals surface area contributed by atoms with Crippen LogP contribution in [0.3, 0.4) is 0 Å². The van der Waals surface area contributed by atoms with Crippen LogP contribution in [0.1, 0.15) is 43.8 Å². The third-order valence-electron chi connectivity index (χ3n) is 4.35. The SMILES string of the molecule is CS(=O)(=O)c1cc(F)c(-c2cc(C(F)F)nn2C2CCCC2)cc1F. The zero-order valence-corrected chi connectivity index (χ0v) is 14.2. The van der Waals surface area contributed by atoms with Crippen LogP contribution in [0.2, 0.25) is 0 Å². The van der Waals surface area contributed by atoms with Crippen LogP contribution >= 0.6 is 0 Å². The van der Waals surface area contributed by atoms with E-state index >= 15 is 0 Å². The van der Waals surface area contributed by atoms with Gasteiger partial charge in [0.05, 0.1) is 11.7 Å². The fourth-order valence-electron chi connectivity index (χ4n) is 3.16. The third kappa shape index (κ3) is 3.42. The Hall–Kier alpha value is -1.90. The Bertz CT molecular complexity index is 903. The van der Waals surface area contributed by atoms with Crippen molar-refractivity contribution in [2.45, 2.75) is 43.0 Å². The molecule has 0 N–H and O–H groups in total. The van der Waals surface area contributed by atoms with Gasteiger partial charge in [-0.25, -0.2) is 26.0 Å². The Morgan fingerprint density at radius 3 is 2.32 bits per heavy atom. The van der Waals surface area contributed by atoms with Gasteiger partial charge in [0.1, 0.15) is 22.2 Å². The summed E-state index contributed by atoms with van der Waals surface area (Å²) in [4.78, 5) is -0.769. The van der Waals surface area contributed by atoms with Crippen molar-refractivity contribution in [3.05, 3.63) is 35.5 Å². The Morgan fingerprint density at radius 2 is 1.76 bits per heavy atom. The van der Waals surface area contributed by atoms with E-state index in [1.807, 2.05) is 0 Å². The van der Waals surface area contributed by atoms with Gasteiger partial charge < -0.3 is 0 Å². The van der Waals surface area contributed by atoms with E-state index in [0.717, 1.165) is 31.2 Å². The summed E-state index contributed by atoms with van der Waals surface area (Å²) in [7, 11) is -3.95. The van der Waals surface area contributed by atoms with Gasteiger partial charge in [0, 0.05) is 11.8 Å². The van der Waals surface area contributed by atoms with Gasteiger partial charge in [0.15, 0.2) is 9.84 Å². The summed E-state index contributed by atoms with van der Waals surface area (Å²) in [6.07, 6.45) is 1.15. The second-order valence-corrected chi connectivity index (χ2v) is 8.16. The summed E-state index contributed by atoms with van der Waals surface area (Å²) in [6, 6.07) is 2.16. The van der Waals surface area contributed by atoms with Gasteiger partial charge >= 0.3 is 0 Å². The fraction of sp³-hybridized carbons (Fsp3) is 0.438. The Kier molecular flexibility index (Phi) is 4.61. The number of aromatic nitrogens is 2. The quantitative estimate of drug-likeness (QED) is 0.749. The van der Waals surface area contributed by atoms with Gasteiger partial charge in [-0.2, -0.15) is 5.10 Å². The van der Waals surface area contributed by atoms with Gasteiger partial charge in [-0.3, -0.25) is 4.68 Å². The van der Waals surface area contributed by atoms with Crippen molar-refractivity contribution < 1.29 is 26.0 Å². The summed E-state index contributed by atoms with van der Waals surface area (Å²) in [6.45, 7) is 0. The van der Waals surface area contributed by atoms with E-state index in [9.17, 15) is 26.0 Å². The second-order valence-electron chi connectivity index (χ2n) is 6.17. The number of nitrogens with zero attached hydrogens (tertiary/aromatic N) is 2. The van der Waals surface area contributed by atoms with Gasteiger partial charge in [-0.15, -0.1) is 0 Å². The molecule has 0 unspecified atom stereocenters. The maximum Gasteiger partial charge on any atom is 0.282 e. The van der Waals surface area contributed by atoms with E-state index in [2.05, 4.69) is 5.10 Å². The van der Waals surface area contributed by atoms with Crippen LogP contribution in [0.4, 0.5) is 17.6 Å². The number of alkyl halides is 2. The molecule has 1 fully saturated rings. The average Bonchev–Trinajstić information content (AvgIpc) is 3.16. The molecule has 1 aromatic heterocycles. The maximum absolute atomic E-state index is 14.5. The molecule has 0 bridgehead atoms. The first kappa shape index (κ1) is 17.9. The van der Waals surface area contributed by atoms with Crippen LogP contribution in [-0.4, -0.2) is 24.5 Å². The van der Waals surface area contributed by atoms with Crippen LogP contribution in [0, 0.1) is 11.6 Å². The third-order valence-corrected chi connectivity index (χ3v) is 5.46. The Morgan fingerprint density at radius 1 is 1.12 bits per heavy atom. The first-order valence-electron chi connectivity index (χ1n) is 7.75. The van der Waals surface area contributed by atoms with Crippen LogP contribution in [-0.2, 0) is 9.84 Å². The highest BCUT2D eigenvalue weighted by molar-refractivity contribution is 7.90. The Labute approximate surface area is 142 Å². The summed E-state index contributed by atoms with van der Waals surface area (Å²) in [5.41, 5.74) is -0.774. The van der Waals surface area contributed by atoms with Crippen LogP contribution in [0.5, 0.6) is 0 Å². The van der Waals surface area contributed by atoms with Gasteiger partial charge in [-0.05, 0) is 31.0 Å². The predicted molar refractivity (Wildman–Crippen MR) is 83.2 cm³/mol. The lowest BCUT2D eigenvalue weighted by Crippen LogP contribution is -2.10. The number of benzene rings is 1. The van der Waals surface area contributed by atoms with Crippen molar-refractivity contribution in [1.29, 1.82) is 0 Å². The molecule has 1 aliphatic carbocycles. The first-order valence-corrected chi connectivity index (χ1v) is 9.64. The molecule has 0 amide bonds. The van der Waals surface area contributed by atoms with Crippen LogP contribution < -0.4 is 0 Å². The van der Waals surface area contributed by atoms with Crippen molar-refractivity contribution in [3.63, 3.8) is 0 Å². The Balaban J connectivity index is 2.17. The molecule has 136 valence electrons. The predicted octanol–water partition coefficient (Wildman–Crippen LogP) is 4.28. The smallest absolute Gasteiger partial charge is 0.261 e. The average molecular weight is 376 g/mol. The van der Waals surface area contributed by atoms with E-state index in [-0.39, 0.29) is 17.3 Å². The minimum absolute atomic E-state index is 0.0265. The minimum atomic E-state index is -3.95. The summed E-state index contributed by atoms with van der Waals surface area (Å²) >= 11 is 0. The second kappa shape index (κ2) is 6.44. The molecule has 0 atom stereocenters. The van der Waals surface area contributed by atoms with Gasteiger partial charge in [-0.1, -0.05) is 12.8 Å². The monoisotopic (exact) mass is 376 g/mol. The normalized spacial score (nSPS) is 16.1.